The highest BCUT2D eigenvalue weighted by Gasteiger charge is 2.33. The first-order valence-corrected chi connectivity index (χ1v) is 6.24. The van der Waals surface area contributed by atoms with E-state index in [-0.39, 0.29) is 5.41 Å². The van der Waals surface area contributed by atoms with Crippen molar-refractivity contribution in [1.29, 1.82) is 0 Å². The maximum absolute atomic E-state index is 4.57. The van der Waals surface area contributed by atoms with Gasteiger partial charge < -0.3 is 4.90 Å². The Morgan fingerprint density at radius 1 is 1.39 bits per heavy atom. The molecule has 4 nitrogen and oxygen atoms in total. The summed E-state index contributed by atoms with van der Waals surface area (Å²) in [5.41, 5.74) is 3.90. The minimum absolute atomic E-state index is 0.196. The van der Waals surface area contributed by atoms with E-state index in [1.54, 1.807) is 6.20 Å². The van der Waals surface area contributed by atoms with Gasteiger partial charge in [0.2, 0.25) is 0 Å². The van der Waals surface area contributed by atoms with Gasteiger partial charge in [-0.25, -0.2) is 0 Å². The lowest BCUT2D eigenvalue weighted by molar-refractivity contribution is 0.561. The minimum atomic E-state index is 0.196. The van der Waals surface area contributed by atoms with Crippen LogP contribution in [0, 0.1) is 0 Å². The zero-order valence-corrected chi connectivity index (χ0v) is 11.1. The maximum Gasteiger partial charge on any atom is 0.0832 e. The number of rotatable bonds is 2. The van der Waals surface area contributed by atoms with Gasteiger partial charge in [-0.3, -0.25) is 9.67 Å². The quantitative estimate of drug-likeness (QED) is 0.808. The Kier molecular flexibility index (Phi) is 2.40. The summed E-state index contributed by atoms with van der Waals surface area (Å²) >= 11 is 0. The summed E-state index contributed by atoms with van der Waals surface area (Å²) in [5, 5.41) is 4.22. The summed E-state index contributed by atoms with van der Waals surface area (Å²) in [6.07, 6.45) is 5.78. The van der Waals surface area contributed by atoms with Crippen molar-refractivity contribution < 1.29 is 0 Å². The molecule has 0 atom stereocenters. The van der Waals surface area contributed by atoms with Crippen molar-refractivity contribution in [2.75, 3.05) is 18.5 Å². The SMILES string of the molecule is CN1CC(C)(C)c2cnc(Cn3cccn3)cc21. The molecule has 0 fully saturated rings. The highest BCUT2D eigenvalue weighted by molar-refractivity contribution is 5.61. The lowest BCUT2D eigenvalue weighted by Crippen LogP contribution is -2.24. The van der Waals surface area contributed by atoms with Gasteiger partial charge in [-0.2, -0.15) is 5.10 Å². The predicted molar refractivity (Wildman–Crippen MR) is 71.9 cm³/mol. The number of likely N-dealkylation sites (N-methyl/N-ethyl adjacent to an activating group) is 1. The molecular formula is C14H18N4. The van der Waals surface area contributed by atoms with Crippen LogP contribution in [-0.2, 0) is 12.0 Å². The molecule has 0 N–H and O–H groups in total. The predicted octanol–water partition coefficient (Wildman–Crippen LogP) is 2.05. The van der Waals surface area contributed by atoms with E-state index in [9.17, 15) is 0 Å². The van der Waals surface area contributed by atoms with Gasteiger partial charge in [-0.15, -0.1) is 0 Å². The van der Waals surface area contributed by atoms with Crippen LogP contribution in [0.4, 0.5) is 5.69 Å². The van der Waals surface area contributed by atoms with Crippen molar-refractivity contribution in [3.8, 4) is 0 Å². The second kappa shape index (κ2) is 3.83. The molecule has 18 heavy (non-hydrogen) atoms. The van der Waals surface area contributed by atoms with Crippen LogP contribution in [0.15, 0.2) is 30.7 Å². The average molecular weight is 242 g/mol. The van der Waals surface area contributed by atoms with Gasteiger partial charge in [-0.05, 0) is 12.1 Å². The summed E-state index contributed by atoms with van der Waals surface area (Å²) in [6.45, 7) is 6.32. The molecule has 3 rings (SSSR count). The summed E-state index contributed by atoms with van der Waals surface area (Å²) in [7, 11) is 2.14. The molecule has 0 amide bonds. The number of anilines is 1. The maximum atomic E-state index is 4.57. The number of aromatic nitrogens is 3. The topological polar surface area (TPSA) is 34.0 Å². The fourth-order valence-corrected chi connectivity index (χ4v) is 2.73. The summed E-state index contributed by atoms with van der Waals surface area (Å²) in [4.78, 5) is 6.88. The van der Waals surface area contributed by atoms with Crippen LogP contribution < -0.4 is 4.90 Å². The Labute approximate surface area is 107 Å². The Balaban J connectivity index is 1.95. The molecule has 1 aliphatic rings. The highest BCUT2D eigenvalue weighted by atomic mass is 15.3. The first-order valence-electron chi connectivity index (χ1n) is 6.24. The molecule has 4 heteroatoms. The van der Waals surface area contributed by atoms with E-state index in [4.69, 9.17) is 0 Å². The summed E-state index contributed by atoms with van der Waals surface area (Å²) in [6, 6.07) is 4.12. The number of hydrogen-bond donors (Lipinski definition) is 0. The van der Waals surface area contributed by atoms with Crippen LogP contribution >= 0.6 is 0 Å². The molecule has 3 heterocycles. The monoisotopic (exact) mass is 242 g/mol. The molecule has 0 aliphatic carbocycles. The summed E-state index contributed by atoms with van der Waals surface area (Å²) in [5.74, 6) is 0. The van der Waals surface area contributed by atoms with Crippen LogP contribution in [0.5, 0.6) is 0 Å². The van der Waals surface area contributed by atoms with Gasteiger partial charge in [0.05, 0.1) is 12.2 Å². The van der Waals surface area contributed by atoms with E-state index < -0.39 is 0 Å². The zero-order valence-electron chi connectivity index (χ0n) is 11.1. The lowest BCUT2D eigenvalue weighted by Gasteiger charge is -2.18. The molecule has 0 aromatic carbocycles. The van der Waals surface area contributed by atoms with Crippen molar-refractivity contribution in [1.82, 2.24) is 14.8 Å². The van der Waals surface area contributed by atoms with Crippen molar-refractivity contribution in [2.45, 2.75) is 25.8 Å². The molecule has 0 unspecified atom stereocenters. The van der Waals surface area contributed by atoms with E-state index in [2.05, 4.69) is 41.9 Å². The molecule has 2 aromatic heterocycles. The van der Waals surface area contributed by atoms with E-state index in [1.165, 1.54) is 11.3 Å². The van der Waals surface area contributed by atoms with Crippen LogP contribution in [0.1, 0.15) is 25.1 Å². The van der Waals surface area contributed by atoms with Gasteiger partial charge in [0.15, 0.2) is 0 Å². The average Bonchev–Trinajstić information content (AvgIpc) is 2.87. The van der Waals surface area contributed by atoms with Gasteiger partial charge in [0, 0.05) is 48.8 Å². The van der Waals surface area contributed by atoms with Gasteiger partial charge in [-0.1, -0.05) is 13.8 Å². The van der Waals surface area contributed by atoms with E-state index >= 15 is 0 Å². The van der Waals surface area contributed by atoms with Crippen LogP contribution in [0.2, 0.25) is 0 Å². The Morgan fingerprint density at radius 2 is 2.22 bits per heavy atom. The third kappa shape index (κ3) is 1.78. The molecule has 94 valence electrons. The number of nitrogens with zero attached hydrogens (tertiary/aromatic N) is 4. The molecule has 0 spiro atoms. The van der Waals surface area contributed by atoms with Crippen LogP contribution in [-0.4, -0.2) is 28.4 Å². The smallest absolute Gasteiger partial charge is 0.0832 e. The molecule has 1 aliphatic heterocycles. The van der Waals surface area contributed by atoms with Crippen molar-refractivity contribution >= 4 is 5.69 Å². The van der Waals surface area contributed by atoms with E-state index in [1.807, 2.05) is 23.1 Å². The first kappa shape index (κ1) is 11.3. The Morgan fingerprint density at radius 3 is 2.94 bits per heavy atom. The molecule has 0 saturated heterocycles. The second-order valence-electron chi connectivity index (χ2n) is 5.64. The van der Waals surface area contributed by atoms with Crippen molar-refractivity contribution in [3.05, 3.63) is 42.0 Å². The fourth-order valence-electron chi connectivity index (χ4n) is 2.73. The lowest BCUT2D eigenvalue weighted by atomic mass is 9.88. The van der Waals surface area contributed by atoms with Crippen LogP contribution in [0.3, 0.4) is 0 Å². The molecular weight excluding hydrogens is 224 g/mol. The van der Waals surface area contributed by atoms with Gasteiger partial charge in [0.1, 0.15) is 0 Å². The fraction of sp³-hybridized carbons (Fsp3) is 0.429. The standard InChI is InChI=1S/C14H18N4/c1-14(2)10-17(3)13-7-11(15-8-12(13)14)9-18-6-4-5-16-18/h4-8H,9-10H2,1-3H3. The second-order valence-corrected chi connectivity index (χ2v) is 5.64. The summed E-state index contributed by atoms with van der Waals surface area (Å²) < 4.78 is 1.90. The third-order valence-corrected chi connectivity index (χ3v) is 3.59. The van der Waals surface area contributed by atoms with Crippen molar-refractivity contribution in [3.63, 3.8) is 0 Å². The molecule has 0 radical (unpaired) electrons. The number of hydrogen-bond acceptors (Lipinski definition) is 3. The third-order valence-electron chi connectivity index (χ3n) is 3.59. The highest BCUT2D eigenvalue weighted by Crippen LogP contribution is 2.39. The Hall–Kier alpha value is -1.84. The number of fused-ring (bicyclic) bond motifs is 1. The van der Waals surface area contributed by atoms with Crippen molar-refractivity contribution in [2.24, 2.45) is 0 Å². The van der Waals surface area contributed by atoms with E-state index in [0.29, 0.717) is 0 Å². The Bertz CT molecular complexity index is 557. The van der Waals surface area contributed by atoms with Crippen LogP contribution in [0.25, 0.3) is 0 Å². The minimum Gasteiger partial charge on any atom is -0.373 e. The number of pyridine rings is 1. The molecule has 0 bridgehead atoms. The normalized spacial score (nSPS) is 16.9. The zero-order chi connectivity index (χ0) is 12.8. The molecule has 0 saturated carbocycles. The first-order chi connectivity index (χ1) is 8.56. The van der Waals surface area contributed by atoms with E-state index in [0.717, 1.165) is 18.8 Å². The largest absolute Gasteiger partial charge is 0.373 e. The van der Waals surface area contributed by atoms with Gasteiger partial charge in [0.25, 0.3) is 0 Å². The molecule has 2 aromatic rings. The van der Waals surface area contributed by atoms with Gasteiger partial charge >= 0.3 is 0 Å².